The highest BCUT2D eigenvalue weighted by atomic mass is 19.1. The van der Waals surface area contributed by atoms with Gasteiger partial charge in [0.1, 0.15) is 0 Å². The lowest BCUT2D eigenvalue weighted by atomic mass is 10.0. The van der Waals surface area contributed by atoms with Crippen LogP contribution in [0.15, 0.2) is 30.3 Å². The maximum atomic E-state index is 13.8. The second kappa shape index (κ2) is 3.93. The van der Waals surface area contributed by atoms with Crippen molar-refractivity contribution in [2.75, 3.05) is 7.11 Å². The number of hydrogen-bond acceptors (Lipinski definition) is 2. The molecule has 0 N–H and O–H groups in total. The largest absolute Gasteiger partial charge is 0.494 e. The number of fused-ring (bicyclic) bond motifs is 1. The van der Waals surface area contributed by atoms with Crippen LogP contribution in [-0.2, 0) is 0 Å². The van der Waals surface area contributed by atoms with Crippen LogP contribution >= 0.6 is 0 Å². The van der Waals surface area contributed by atoms with Crippen LogP contribution in [0.3, 0.4) is 0 Å². The number of halogens is 1. The first-order valence-electron chi connectivity index (χ1n) is 4.90. The lowest BCUT2D eigenvalue weighted by molar-refractivity contribution is 0.101. The SMILES string of the molecule is COc1ccc2cc(C(C)=O)ccc2c1F. The fourth-order valence-electron chi connectivity index (χ4n) is 1.65. The summed E-state index contributed by atoms with van der Waals surface area (Å²) in [5.41, 5.74) is 0.581. The quantitative estimate of drug-likeness (QED) is 0.723. The van der Waals surface area contributed by atoms with Gasteiger partial charge in [-0.15, -0.1) is 0 Å². The van der Waals surface area contributed by atoms with Crippen molar-refractivity contribution in [3.8, 4) is 5.75 Å². The number of ketones is 1. The maximum Gasteiger partial charge on any atom is 0.172 e. The molecule has 0 atom stereocenters. The van der Waals surface area contributed by atoms with Crippen molar-refractivity contribution in [3.63, 3.8) is 0 Å². The van der Waals surface area contributed by atoms with E-state index in [4.69, 9.17) is 4.74 Å². The minimum Gasteiger partial charge on any atom is -0.494 e. The number of rotatable bonds is 2. The minimum absolute atomic E-state index is 0.0295. The number of hydrogen-bond donors (Lipinski definition) is 0. The Morgan fingerprint density at radius 3 is 2.62 bits per heavy atom. The molecule has 0 aliphatic rings. The van der Waals surface area contributed by atoms with Crippen molar-refractivity contribution in [1.29, 1.82) is 0 Å². The lowest BCUT2D eigenvalue weighted by Crippen LogP contribution is -1.93. The van der Waals surface area contributed by atoms with Gasteiger partial charge in [0, 0.05) is 10.9 Å². The fraction of sp³-hybridized carbons (Fsp3) is 0.154. The second-order valence-electron chi connectivity index (χ2n) is 3.57. The van der Waals surface area contributed by atoms with Crippen LogP contribution in [0, 0.1) is 5.82 Å². The van der Waals surface area contributed by atoms with Crippen LogP contribution in [0.25, 0.3) is 10.8 Å². The molecular formula is C13H11FO2. The van der Waals surface area contributed by atoms with E-state index in [0.717, 1.165) is 0 Å². The molecule has 2 aromatic carbocycles. The van der Waals surface area contributed by atoms with E-state index < -0.39 is 5.82 Å². The van der Waals surface area contributed by atoms with Gasteiger partial charge < -0.3 is 4.74 Å². The number of benzene rings is 2. The average Bonchev–Trinajstić information content (AvgIpc) is 2.29. The summed E-state index contributed by atoms with van der Waals surface area (Å²) in [6.45, 7) is 1.49. The van der Waals surface area contributed by atoms with Crippen molar-refractivity contribution < 1.29 is 13.9 Å². The molecule has 0 saturated heterocycles. The zero-order chi connectivity index (χ0) is 11.7. The van der Waals surface area contributed by atoms with Crippen molar-refractivity contribution in [2.24, 2.45) is 0 Å². The van der Waals surface area contributed by atoms with E-state index >= 15 is 0 Å². The van der Waals surface area contributed by atoms with Gasteiger partial charge >= 0.3 is 0 Å². The molecule has 2 rings (SSSR count). The van der Waals surface area contributed by atoms with E-state index in [1.54, 1.807) is 30.3 Å². The van der Waals surface area contributed by atoms with Gasteiger partial charge in [0.05, 0.1) is 7.11 Å². The number of ether oxygens (including phenoxy) is 1. The van der Waals surface area contributed by atoms with E-state index in [1.165, 1.54) is 14.0 Å². The van der Waals surface area contributed by atoms with Gasteiger partial charge in [-0.25, -0.2) is 4.39 Å². The molecule has 0 aliphatic heterocycles. The molecule has 0 aliphatic carbocycles. The summed E-state index contributed by atoms with van der Waals surface area (Å²) < 4.78 is 18.7. The third-order valence-corrected chi connectivity index (χ3v) is 2.55. The Bertz CT molecular complexity index is 561. The first-order valence-corrected chi connectivity index (χ1v) is 4.90. The maximum absolute atomic E-state index is 13.8. The Balaban J connectivity index is 2.69. The van der Waals surface area contributed by atoms with E-state index in [-0.39, 0.29) is 11.5 Å². The highest BCUT2D eigenvalue weighted by Gasteiger charge is 2.08. The second-order valence-corrected chi connectivity index (χ2v) is 3.57. The molecule has 0 saturated carbocycles. The molecule has 0 amide bonds. The topological polar surface area (TPSA) is 26.3 Å². The van der Waals surface area contributed by atoms with E-state index in [0.29, 0.717) is 16.3 Å². The Labute approximate surface area is 92.6 Å². The molecule has 2 nitrogen and oxygen atoms in total. The Kier molecular flexibility index (Phi) is 2.60. The summed E-state index contributed by atoms with van der Waals surface area (Å²) in [4.78, 5) is 11.2. The first-order chi connectivity index (χ1) is 7.63. The standard InChI is InChI=1S/C13H11FO2/c1-8(15)9-3-5-11-10(7-9)4-6-12(16-2)13(11)14/h3-7H,1-2H3. The number of carbonyl (C=O) groups excluding carboxylic acids is 1. The first kappa shape index (κ1) is 10.6. The normalized spacial score (nSPS) is 10.4. The van der Waals surface area contributed by atoms with Gasteiger partial charge in [-0.2, -0.15) is 0 Å². The molecule has 2 aromatic rings. The number of methoxy groups -OCH3 is 1. The number of Topliss-reactive ketones (excluding diaryl/α,β-unsaturated/α-hetero) is 1. The van der Waals surface area contributed by atoms with E-state index in [2.05, 4.69) is 0 Å². The van der Waals surface area contributed by atoms with E-state index in [9.17, 15) is 9.18 Å². The van der Waals surface area contributed by atoms with Crippen LogP contribution in [0.1, 0.15) is 17.3 Å². The molecule has 3 heteroatoms. The van der Waals surface area contributed by atoms with Crippen LogP contribution in [0.5, 0.6) is 5.75 Å². The predicted molar refractivity (Wildman–Crippen MR) is 60.5 cm³/mol. The van der Waals surface area contributed by atoms with Crippen molar-refractivity contribution in [1.82, 2.24) is 0 Å². The number of carbonyl (C=O) groups is 1. The Morgan fingerprint density at radius 1 is 1.25 bits per heavy atom. The van der Waals surface area contributed by atoms with Crippen LogP contribution in [0.4, 0.5) is 4.39 Å². The predicted octanol–water partition coefficient (Wildman–Crippen LogP) is 3.19. The third kappa shape index (κ3) is 1.65. The monoisotopic (exact) mass is 218 g/mol. The summed E-state index contributed by atoms with van der Waals surface area (Å²) in [5, 5.41) is 1.16. The van der Waals surface area contributed by atoms with Crippen LogP contribution in [0.2, 0.25) is 0 Å². The van der Waals surface area contributed by atoms with Crippen molar-refractivity contribution >= 4 is 16.6 Å². The molecule has 0 heterocycles. The van der Waals surface area contributed by atoms with Gasteiger partial charge in [-0.05, 0) is 24.4 Å². The van der Waals surface area contributed by atoms with Crippen LogP contribution < -0.4 is 4.74 Å². The molecule has 0 bridgehead atoms. The van der Waals surface area contributed by atoms with Crippen molar-refractivity contribution in [3.05, 3.63) is 41.7 Å². The molecule has 82 valence electrons. The lowest BCUT2D eigenvalue weighted by Gasteiger charge is -2.06. The molecule has 0 aromatic heterocycles. The van der Waals surface area contributed by atoms with Gasteiger partial charge in [-0.1, -0.05) is 18.2 Å². The van der Waals surface area contributed by atoms with Crippen molar-refractivity contribution in [2.45, 2.75) is 6.92 Å². The summed E-state index contributed by atoms with van der Waals surface area (Å²) in [6.07, 6.45) is 0. The smallest absolute Gasteiger partial charge is 0.172 e. The fourth-order valence-corrected chi connectivity index (χ4v) is 1.65. The molecule has 0 spiro atoms. The zero-order valence-corrected chi connectivity index (χ0v) is 9.08. The van der Waals surface area contributed by atoms with Crippen LogP contribution in [-0.4, -0.2) is 12.9 Å². The van der Waals surface area contributed by atoms with Gasteiger partial charge in [0.25, 0.3) is 0 Å². The summed E-state index contributed by atoms with van der Waals surface area (Å²) in [7, 11) is 1.42. The molecule has 0 radical (unpaired) electrons. The summed E-state index contributed by atoms with van der Waals surface area (Å²) >= 11 is 0. The van der Waals surface area contributed by atoms with E-state index in [1.807, 2.05) is 0 Å². The third-order valence-electron chi connectivity index (χ3n) is 2.55. The highest BCUT2D eigenvalue weighted by Crippen LogP contribution is 2.26. The Hall–Kier alpha value is -1.90. The molecule has 0 fully saturated rings. The average molecular weight is 218 g/mol. The van der Waals surface area contributed by atoms with Gasteiger partial charge in [0.2, 0.25) is 0 Å². The molecule has 16 heavy (non-hydrogen) atoms. The zero-order valence-electron chi connectivity index (χ0n) is 9.08. The molecule has 0 unspecified atom stereocenters. The molecular weight excluding hydrogens is 207 g/mol. The highest BCUT2D eigenvalue weighted by molar-refractivity contribution is 5.98. The minimum atomic E-state index is -0.393. The summed E-state index contributed by atoms with van der Waals surface area (Å²) in [6, 6.07) is 8.20. The van der Waals surface area contributed by atoms with Gasteiger partial charge in [-0.3, -0.25) is 4.79 Å². The Morgan fingerprint density at radius 2 is 2.00 bits per heavy atom. The summed E-state index contributed by atoms with van der Waals surface area (Å²) in [5.74, 6) is -0.212. The van der Waals surface area contributed by atoms with Gasteiger partial charge in [0.15, 0.2) is 17.3 Å².